The van der Waals surface area contributed by atoms with Gasteiger partial charge in [-0.05, 0) is 106 Å². The van der Waals surface area contributed by atoms with Crippen LogP contribution < -0.4 is 19.8 Å². The molecular formula is C42H30BrCl2F6N3O7. The first-order chi connectivity index (χ1) is 28.7. The number of rotatable bonds is 7. The SMILES string of the molecule is COc1ccc(C23C(=O)N(Nc4ccc(Cl)cc4Cl)C(=O)C2CC2C(=CCC4C(=O)N(c5cc(C(F)(F)F)cc(C(F)(F)F)c5)C(=O)C42)C3c2cc(Br)c(O)c(OC)c2)cc1. The number of aromatic hydroxyl groups is 1. The van der Waals surface area contributed by atoms with E-state index in [2.05, 4.69) is 21.4 Å². The Balaban J connectivity index is 1.34. The van der Waals surface area contributed by atoms with Crippen LogP contribution in [0.1, 0.15) is 41.0 Å². The lowest BCUT2D eigenvalue weighted by atomic mass is 9.49. The van der Waals surface area contributed by atoms with Crippen molar-refractivity contribution in [2.24, 2.45) is 23.7 Å². The normalized spacial score (nSPS) is 25.0. The molecule has 0 bridgehead atoms. The summed E-state index contributed by atoms with van der Waals surface area (Å²) >= 11 is 16.0. The molecule has 4 amide bonds. The molecule has 61 heavy (non-hydrogen) atoms. The van der Waals surface area contributed by atoms with Crippen LogP contribution in [-0.4, -0.2) is 48.0 Å². The number of carbonyl (C=O) groups excluding carboxylic acids is 4. The van der Waals surface area contributed by atoms with Gasteiger partial charge in [0.15, 0.2) is 11.5 Å². The number of nitrogens with zero attached hydrogens (tertiary/aromatic N) is 2. The van der Waals surface area contributed by atoms with Gasteiger partial charge in [-0.25, -0.2) is 4.90 Å². The number of benzene rings is 4. The van der Waals surface area contributed by atoms with Gasteiger partial charge >= 0.3 is 12.4 Å². The summed E-state index contributed by atoms with van der Waals surface area (Å²) in [5, 5.41) is 12.0. The Labute approximate surface area is 361 Å². The Morgan fingerprint density at radius 2 is 1.48 bits per heavy atom. The van der Waals surface area contributed by atoms with E-state index in [-0.39, 0.29) is 50.6 Å². The fourth-order valence-corrected chi connectivity index (χ4v) is 10.4. The molecule has 10 nitrogen and oxygen atoms in total. The second-order valence-electron chi connectivity index (χ2n) is 15.0. The summed E-state index contributed by atoms with van der Waals surface area (Å²) in [5.41, 5.74) is -2.19. The molecule has 2 aliphatic heterocycles. The maximum absolute atomic E-state index is 15.5. The third kappa shape index (κ3) is 6.70. The maximum atomic E-state index is 15.5. The Hall–Kier alpha value is -5.26. The fraction of sp³-hybridized carbons (Fsp3) is 0.286. The minimum absolute atomic E-state index is 0.0368. The highest BCUT2D eigenvalue weighted by molar-refractivity contribution is 9.10. The molecule has 6 atom stereocenters. The number of hydrogen-bond acceptors (Lipinski definition) is 8. The summed E-state index contributed by atoms with van der Waals surface area (Å²) in [6.07, 6.45) is -9.38. The average Bonchev–Trinajstić information content (AvgIpc) is 3.59. The standard InChI is InChI=1S/C42H30BrCl2F6N3O7/c1-60-24-6-3-19(4-7-24)40-28(37(57)54(39(40)59)52-31-10-5-22(44)16-30(31)45)17-27-25(34(40)18-11-29(43)35(55)32(12-18)61-2)8-9-26-33(27)38(58)53(36(26)56)23-14-20(41(46,47)48)13-21(15-23)42(49,50)51/h3-8,10-16,26-28,33-34,52,55H,9,17H2,1-2H3. The Bertz CT molecular complexity index is 2540. The van der Waals surface area contributed by atoms with Crippen LogP contribution >= 0.6 is 39.1 Å². The molecule has 6 unspecified atom stereocenters. The van der Waals surface area contributed by atoms with Gasteiger partial charge in [-0.15, -0.1) is 0 Å². The Kier molecular flexibility index (Phi) is 10.4. The number of halogens is 9. The van der Waals surface area contributed by atoms with E-state index in [0.717, 1.165) is 5.01 Å². The number of fused-ring (bicyclic) bond motifs is 4. The molecular weight excluding hydrogens is 923 g/mol. The number of anilines is 2. The van der Waals surface area contributed by atoms with Crippen molar-refractivity contribution in [1.82, 2.24) is 5.01 Å². The molecule has 0 radical (unpaired) electrons. The highest BCUT2D eigenvalue weighted by Crippen LogP contribution is 2.65. The Morgan fingerprint density at radius 1 is 0.820 bits per heavy atom. The van der Waals surface area contributed by atoms with Crippen molar-refractivity contribution in [3.05, 3.63) is 121 Å². The molecule has 4 aromatic carbocycles. The molecule has 0 aromatic heterocycles. The van der Waals surface area contributed by atoms with E-state index in [4.69, 9.17) is 32.7 Å². The van der Waals surface area contributed by atoms with Crippen molar-refractivity contribution < 1.29 is 60.1 Å². The van der Waals surface area contributed by atoms with E-state index in [1.165, 1.54) is 44.6 Å². The molecule has 2 N–H and O–H groups in total. The topological polar surface area (TPSA) is 125 Å². The summed E-state index contributed by atoms with van der Waals surface area (Å²) in [7, 11) is 2.73. The molecule has 4 aliphatic rings. The quantitative estimate of drug-likeness (QED) is 0.107. The van der Waals surface area contributed by atoms with Crippen LogP contribution in [0.25, 0.3) is 0 Å². The van der Waals surface area contributed by atoms with Gasteiger partial charge in [0.1, 0.15) is 5.75 Å². The molecule has 8 rings (SSSR count). The van der Waals surface area contributed by atoms with Gasteiger partial charge in [0, 0.05) is 10.9 Å². The van der Waals surface area contributed by atoms with E-state index < -0.39 is 87.8 Å². The van der Waals surface area contributed by atoms with Crippen molar-refractivity contribution in [2.45, 2.75) is 36.5 Å². The van der Waals surface area contributed by atoms with Crippen LogP contribution in [-0.2, 0) is 36.9 Å². The van der Waals surface area contributed by atoms with E-state index in [1.54, 1.807) is 30.3 Å². The summed E-state index contributed by atoms with van der Waals surface area (Å²) in [4.78, 5) is 59.6. The van der Waals surface area contributed by atoms with Crippen molar-refractivity contribution in [3.63, 3.8) is 0 Å². The number of methoxy groups -OCH3 is 2. The zero-order valence-corrected chi connectivity index (χ0v) is 34.6. The largest absolute Gasteiger partial charge is 0.503 e. The van der Waals surface area contributed by atoms with Gasteiger partial charge in [-0.3, -0.25) is 24.6 Å². The summed E-state index contributed by atoms with van der Waals surface area (Å²) in [6.45, 7) is 0. The number of hydrogen-bond donors (Lipinski definition) is 2. The molecule has 2 aliphatic carbocycles. The van der Waals surface area contributed by atoms with Crippen molar-refractivity contribution in [3.8, 4) is 17.2 Å². The van der Waals surface area contributed by atoms with Gasteiger partial charge in [0.25, 0.3) is 11.8 Å². The molecule has 0 spiro atoms. The van der Waals surface area contributed by atoms with Gasteiger partial charge in [-0.1, -0.05) is 47.0 Å². The molecule has 318 valence electrons. The minimum atomic E-state index is -5.27. The number of phenols is 1. The number of phenolic OH excluding ortho intramolecular Hbond substituents is 1. The smallest absolute Gasteiger partial charge is 0.416 e. The summed E-state index contributed by atoms with van der Waals surface area (Å²) < 4.78 is 94.9. The number of amides is 4. The number of nitrogens with one attached hydrogen (secondary N) is 1. The summed E-state index contributed by atoms with van der Waals surface area (Å²) in [5.74, 6) is -9.77. The Morgan fingerprint density at radius 3 is 2.07 bits per heavy atom. The van der Waals surface area contributed by atoms with Gasteiger partial charge in [0.05, 0.1) is 69.4 Å². The third-order valence-corrected chi connectivity index (χ3v) is 13.2. The zero-order chi connectivity index (χ0) is 44.1. The van der Waals surface area contributed by atoms with E-state index in [9.17, 15) is 45.8 Å². The average molecular weight is 954 g/mol. The van der Waals surface area contributed by atoms with E-state index >= 15 is 4.79 Å². The first-order valence-electron chi connectivity index (χ1n) is 18.4. The van der Waals surface area contributed by atoms with E-state index in [0.29, 0.717) is 39.5 Å². The summed E-state index contributed by atoms with van der Waals surface area (Å²) in [6, 6.07) is 14.2. The lowest BCUT2D eigenvalue weighted by Gasteiger charge is -2.50. The number of alkyl halides is 6. The number of ether oxygens (including phenoxy) is 2. The van der Waals surface area contributed by atoms with Crippen LogP contribution in [0, 0.1) is 23.7 Å². The molecule has 2 saturated heterocycles. The first kappa shape index (κ1) is 42.4. The van der Waals surface area contributed by atoms with Crippen LogP contribution in [0.5, 0.6) is 17.2 Å². The van der Waals surface area contributed by atoms with Crippen LogP contribution in [0.15, 0.2) is 88.9 Å². The lowest BCUT2D eigenvalue weighted by molar-refractivity contribution is -0.143. The molecule has 4 aromatic rings. The number of allylic oxidation sites excluding steroid dienone is 2. The van der Waals surface area contributed by atoms with Gasteiger partial charge < -0.3 is 14.6 Å². The van der Waals surface area contributed by atoms with E-state index in [1.807, 2.05) is 0 Å². The van der Waals surface area contributed by atoms with Gasteiger partial charge in [0.2, 0.25) is 11.8 Å². The monoisotopic (exact) mass is 951 g/mol. The van der Waals surface area contributed by atoms with Crippen molar-refractivity contribution >= 4 is 74.1 Å². The zero-order valence-electron chi connectivity index (χ0n) is 31.5. The van der Waals surface area contributed by atoms with Crippen LogP contribution in [0.3, 0.4) is 0 Å². The predicted molar refractivity (Wildman–Crippen MR) is 212 cm³/mol. The second-order valence-corrected chi connectivity index (χ2v) is 16.7. The van der Waals surface area contributed by atoms with Crippen LogP contribution in [0.4, 0.5) is 37.7 Å². The number of hydrazine groups is 1. The second kappa shape index (κ2) is 15.0. The minimum Gasteiger partial charge on any atom is -0.503 e. The van der Waals surface area contributed by atoms with Crippen LogP contribution in [0.2, 0.25) is 10.0 Å². The fourth-order valence-electron chi connectivity index (χ4n) is 9.46. The molecule has 2 heterocycles. The molecule has 19 heteroatoms. The number of carbonyl (C=O) groups is 4. The molecule has 3 fully saturated rings. The highest BCUT2D eigenvalue weighted by atomic mass is 79.9. The number of imide groups is 2. The predicted octanol–water partition coefficient (Wildman–Crippen LogP) is 9.71. The lowest BCUT2D eigenvalue weighted by Crippen LogP contribution is -2.53. The molecule has 1 saturated carbocycles. The van der Waals surface area contributed by atoms with Crippen molar-refractivity contribution in [1.29, 1.82) is 0 Å². The maximum Gasteiger partial charge on any atom is 0.416 e. The first-order valence-corrected chi connectivity index (χ1v) is 20.0. The third-order valence-electron chi connectivity index (χ3n) is 12.0. The van der Waals surface area contributed by atoms with Gasteiger partial charge in [-0.2, -0.15) is 31.4 Å². The van der Waals surface area contributed by atoms with Crippen molar-refractivity contribution in [2.75, 3.05) is 24.5 Å². The highest BCUT2D eigenvalue weighted by Gasteiger charge is 2.70.